The highest BCUT2D eigenvalue weighted by molar-refractivity contribution is 6.32. The molecule has 1 amide bonds. The molecule has 0 saturated carbocycles. The first-order chi connectivity index (χ1) is 14.2. The van der Waals surface area contributed by atoms with Crippen molar-refractivity contribution in [2.45, 2.75) is 6.18 Å². The smallest absolute Gasteiger partial charge is 0.434 e. The quantitative estimate of drug-likeness (QED) is 0.566. The SMILES string of the molecule is COc1cc(NC(=O)c2cnn(-c3ccccc3F)c2C(F)(F)F)c(OC)cc1Cl. The largest absolute Gasteiger partial charge is 0.495 e. The molecule has 0 aliphatic heterocycles. The van der Waals surface area contributed by atoms with Crippen LogP contribution in [0.3, 0.4) is 0 Å². The fraction of sp³-hybridized carbons (Fsp3) is 0.158. The Labute approximate surface area is 173 Å². The molecule has 0 fully saturated rings. The van der Waals surface area contributed by atoms with Crippen LogP contribution in [0.2, 0.25) is 5.02 Å². The van der Waals surface area contributed by atoms with E-state index in [2.05, 4.69) is 10.4 Å². The first-order valence-electron chi connectivity index (χ1n) is 8.30. The van der Waals surface area contributed by atoms with Crippen LogP contribution in [0.25, 0.3) is 5.69 Å². The molecule has 11 heteroatoms. The summed E-state index contributed by atoms with van der Waals surface area (Å²) < 4.78 is 65.8. The molecule has 0 radical (unpaired) electrons. The van der Waals surface area contributed by atoms with Gasteiger partial charge in [0.05, 0.1) is 36.7 Å². The van der Waals surface area contributed by atoms with E-state index in [4.69, 9.17) is 21.1 Å². The molecule has 30 heavy (non-hydrogen) atoms. The highest BCUT2D eigenvalue weighted by Crippen LogP contribution is 2.38. The predicted octanol–water partition coefficient (Wildman–Crippen LogP) is 4.95. The molecule has 6 nitrogen and oxygen atoms in total. The van der Waals surface area contributed by atoms with E-state index in [1.165, 1.54) is 38.5 Å². The van der Waals surface area contributed by atoms with Crippen molar-refractivity contribution in [3.63, 3.8) is 0 Å². The van der Waals surface area contributed by atoms with E-state index in [0.717, 1.165) is 12.1 Å². The highest BCUT2D eigenvalue weighted by atomic mass is 35.5. The van der Waals surface area contributed by atoms with Crippen LogP contribution in [-0.2, 0) is 6.18 Å². The Morgan fingerprint density at radius 2 is 1.80 bits per heavy atom. The molecule has 3 rings (SSSR count). The number of carbonyl (C=O) groups is 1. The Morgan fingerprint density at radius 3 is 2.40 bits per heavy atom. The molecule has 0 aliphatic rings. The van der Waals surface area contributed by atoms with Gasteiger partial charge < -0.3 is 14.8 Å². The molecule has 0 aliphatic carbocycles. The van der Waals surface area contributed by atoms with E-state index in [9.17, 15) is 22.4 Å². The maximum atomic E-state index is 14.0. The van der Waals surface area contributed by atoms with Crippen LogP contribution < -0.4 is 14.8 Å². The number of hydrogen-bond acceptors (Lipinski definition) is 4. The fourth-order valence-electron chi connectivity index (χ4n) is 2.74. The van der Waals surface area contributed by atoms with Crippen LogP contribution in [0.15, 0.2) is 42.6 Å². The number of methoxy groups -OCH3 is 2. The Kier molecular flexibility index (Phi) is 5.88. The summed E-state index contributed by atoms with van der Waals surface area (Å²) >= 11 is 5.99. The third-order valence-electron chi connectivity index (χ3n) is 4.09. The third-order valence-corrected chi connectivity index (χ3v) is 4.38. The lowest BCUT2D eigenvalue weighted by Crippen LogP contribution is -2.21. The van der Waals surface area contributed by atoms with E-state index >= 15 is 0 Å². The minimum Gasteiger partial charge on any atom is -0.495 e. The van der Waals surface area contributed by atoms with Crippen LogP contribution in [-0.4, -0.2) is 29.9 Å². The maximum absolute atomic E-state index is 14.0. The number of carbonyl (C=O) groups excluding carboxylic acids is 1. The van der Waals surface area contributed by atoms with Gasteiger partial charge in [-0.3, -0.25) is 4.79 Å². The Morgan fingerprint density at radius 1 is 1.13 bits per heavy atom. The second kappa shape index (κ2) is 8.23. The first kappa shape index (κ1) is 21.4. The zero-order valence-corrected chi connectivity index (χ0v) is 16.3. The van der Waals surface area contributed by atoms with Gasteiger partial charge >= 0.3 is 6.18 Å². The summed E-state index contributed by atoms with van der Waals surface area (Å²) in [5, 5.41) is 6.08. The maximum Gasteiger partial charge on any atom is 0.434 e. The van der Waals surface area contributed by atoms with E-state index < -0.39 is 34.8 Å². The Hall–Kier alpha value is -3.27. The number of nitrogens with one attached hydrogen (secondary N) is 1. The van der Waals surface area contributed by atoms with E-state index in [1.54, 1.807) is 0 Å². The second-order valence-electron chi connectivity index (χ2n) is 5.91. The molecular formula is C19H14ClF4N3O3. The molecule has 1 aromatic heterocycles. The van der Waals surface area contributed by atoms with E-state index in [0.29, 0.717) is 10.9 Å². The van der Waals surface area contributed by atoms with Crippen LogP contribution in [0.4, 0.5) is 23.2 Å². The zero-order chi connectivity index (χ0) is 22.1. The molecule has 0 atom stereocenters. The highest BCUT2D eigenvalue weighted by Gasteiger charge is 2.41. The van der Waals surface area contributed by atoms with E-state index in [-0.39, 0.29) is 22.2 Å². The zero-order valence-electron chi connectivity index (χ0n) is 15.6. The van der Waals surface area contributed by atoms with Crippen molar-refractivity contribution in [2.75, 3.05) is 19.5 Å². The second-order valence-corrected chi connectivity index (χ2v) is 6.32. The van der Waals surface area contributed by atoms with Gasteiger partial charge in [-0.1, -0.05) is 23.7 Å². The number of alkyl halides is 3. The topological polar surface area (TPSA) is 65.4 Å². The van der Waals surface area contributed by atoms with Gasteiger partial charge in [0.25, 0.3) is 5.91 Å². The number of amides is 1. The lowest BCUT2D eigenvalue weighted by atomic mass is 10.2. The summed E-state index contributed by atoms with van der Waals surface area (Å²) in [4.78, 5) is 12.7. The molecule has 0 saturated heterocycles. The first-order valence-corrected chi connectivity index (χ1v) is 8.68. The number of ether oxygens (including phenoxy) is 2. The number of halogens is 5. The van der Waals surface area contributed by atoms with Crippen LogP contribution in [0, 0.1) is 5.82 Å². The summed E-state index contributed by atoms with van der Waals surface area (Å²) in [6.45, 7) is 0. The van der Waals surface area contributed by atoms with Gasteiger partial charge in [-0.2, -0.15) is 18.3 Å². The average Bonchev–Trinajstić information content (AvgIpc) is 3.15. The normalized spacial score (nSPS) is 11.3. The summed E-state index contributed by atoms with van der Waals surface area (Å²) in [5.41, 5.74) is -2.66. The minimum atomic E-state index is -4.99. The van der Waals surface area contributed by atoms with Crippen LogP contribution in [0.5, 0.6) is 11.5 Å². The summed E-state index contributed by atoms with van der Waals surface area (Å²) in [5.74, 6) is -1.79. The number of nitrogens with zero attached hydrogens (tertiary/aromatic N) is 2. The fourth-order valence-corrected chi connectivity index (χ4v) is 2.97. The van der Waals surface area contributed by atoms with Crippen LogP contribution in [0.1, 0.15) is 16.1 Å². The standard InChI is InChI=1S/C19H14ClF4N3O3/c1-29-15-8-13(16(30-2)7-11(15)20)26-18(28)10-9-25-27(17(10)19(22,23)24)14-6-4-3-5-12(14)21/h3-9H,1-2H3,(H,26,28). The molecular weight excluding hydrogens is 430 g/mol. The van der Waals surface area contributed by atoms with Crippen molar-refractivity contribution in [3.8, 4) is 17.2 Å². The molecule has 0 unspecified atom stereocenters. The molecule has 158 valence electrons. The van der Waals surface area contributed by atoms with Gasteiger partial charge in [0.2, 0.25) is 0 Å². The minimum absolute atomic E-state index is 0.0236. The van der Waals surface area contributed by atoms with Crippen molar-refractivity contribution >= 4 is 23.2 Å². The third kappa shape index (κ3) is 4.04. The van der Waals surface area contributed by atoms with Crippen molar-refractivity contribution in [3.05, 3.63) is 64.7 Å². The van der Waals surface area contributed by atoms with Gasteiger partial charge in [0.15, 0.2) is 5.69 Å². The summed E-state index contributed by atoms with van der Waals surface area (Å²) in [7, 11) is 2.63. The summed E-state index contributed by atoms with van der Waals surface area (Å²) in [6, 6.07) is 7.42. The van der Waals surface area contributed by atoms with Gasteiger partial charge in [0, 0.05) is 12.1 Å². The van der Waals surface area contributed by atoms with Gasteiger partial charge in [-0.25, -0.2) is 9.07 Å². The van der Waals surface area contributed by atoms with Crippen molar-refractivity contribution in [2.24, 2.45) is 0 Å². The van der Waals surface area contributed by atoms with E-state index in [1.807, 2.05) is 0 Å². The van der Waals surface area contributed by atoms with Gasteiger partial charge in [-0.15, -0.1) is 0 Å². The number of hydrogen-bond donors (Lipinski definition) is 1. The number of aromatic nitrogens is 2. The lowest BCUT2D eigenvalue weighted by Gasteiger charge is -2.15. The molecule has 3 aromatic rings. The molecule has 2 aromatic carbocycles. The predicted molar refractivity (Wildman–Crippen MR) is 101 cm³/mol. The van der Waals surface area contributed by atoms with Crippen molar-refractivity contribution in [1.29, 1.82) is 0 Å². The number of rotatable bonds is 5. The Bertz CT molecular complexity index is 1100. The van der Waals surface area contributed by atoms with Crippen molar-refractivity contribution < 1.29 is 31.8 Å². The monoisotopic (exact) mass is 443 g/mol. The molecule has 1 N–H and O–H groups in total. The average molecular weight is 444 g/mol. The molecule has 0 spiro atoms. The van der Waals surface area contributed by atoms with Gasteiger partial charge in [-0.05, 0) is 12.1 Å². The van der Waals surface area contributed by atoms with Gasteiger partial charge in [0.1, 0.15) is 23.0 Å². The Balaban J connectivity index is 2.07. The number of benzene rings is 2. The van der Waals surface area contributed by atoms with Crippen LogP contribution >= 0.6 is 11.6 Å². The molecule has 1 heterocycles. The number of anilines is 1. The van der Waals surface area contributed by atoms with Crippen molar-refractivity contribution in [1.82, 2.24) is 9.78 Å². The molecule has 0 bridgehead atoms. The lowest BCUT2D eigenvalue weighted by molar-refractivity contribution is -0.143. The summed E-state index contributed by atoms with van der Waals surface area (Å²) in [6.07, 6.45) is -4.28. The number of para-hydroxylation sites is 1.